The first kappa shape index (κ1) is 13.3. The Kier molecular flexibility index (Phi) is 6.34. The van der Waals surface area contributed by atoms with Crippen molar-refractivity contribution in [2.75, 3.05) is 13.7 Å². The molecule has 7 heteroatoms. The Labute approximate surface area is 80.9 Å². The van der Waals surface area contributed by atoms with Gasteiger partial charge in [0.2, 0.25) is 0 Å². The summed E-state index contributed by atoms with van der Waals surface area (Å²) in [5.74, 6) is 0. The number of aliphatic hydroxyl groups excluding tert-OH is 5. The summed E-state index contributed by atoms with van der Waals surface area (Å²) in [5.41, 5.74) is 0. The average Bonchev–Trinajstić information content (AvgIpc) is 2.22. The molecule has 0 heterocycles. The Morgan fingerprint density at radius 3 is 2.21 bits per heavy atom. The Balaban J connectivity index is 4.15. The van der Waals surface area contributed by atoms with Gasteiger partial charge in [0.25, 0.3) is 0 Å². The minimum absolute atomic E-state index is 0.716. The summed E-state index contributed by atoms with van der Waals surface area (Å²) in [5, 5.41) is 48.0. The molecule has 0 saturated carbocycles. The van der Waals surface area contributed by atoms with Gasteiger partial charge in [0, 0.05) is 0 Å². The minimum atomic E-state index is -1.65. The molecule has 0 aliphatic carbocycles. The molecule has 4 atom stereocenters. The highest BCUT2D eigenvalue weighted by Gasteiger charge is 2.29. The Morgan fingerprint density at radius 1 is 1.21 bits per heavy atom. The summed E-state index contributed by atoms with van der Waals surface area (Å²) in [4.78, 5) is 4.23. The van der Waals surface area contributed by atoms with Crippen molar-refractivity contribution in [1.29, 1.82) is 0 Å². The molecule has 5 N–H and O–H groups in total. The number of aliphatic hydroxyl groups is 5. The Bertz CT molecular complexity index is 176. The first-order valence-corrected chi connectivity index (χ1v) is 3.94. The zero-order valence-electron chi connectivity index (χ0n) is 7.69. The van der Waals surface area contributed by atoms with Crippen molar-refractivity contribution in [2.45, 2.75) is 24.4 Å². The van der Waals surface area contributed by atoms with E-state index in [1.54, 1.807) is 0 Å². The van der Waals surface area contributed by atoms with Crippen LogP contribution < -0.4 is 0 Å². The van der Waals surface area contributed by atoms with E-state index >= 15 is 0 Å². The summed E-state index contributed by atoms with van der Waals surface area (Å²) in [7, 11) is 1.24. The van der Waals surface area contributed by atoms with Gasteiger partial charge in [-0.25, -0.2) is 0 Å². The fraction of sp³-hybridized carbons (Fsp3) is 0.857. The van der Waals surface area contributed by atoms with Gasteiger partial charge in [0.1, 0.15) is 31.5 Å². The first-order valence-electron chi connectivity index (χ1n) is 3.94. The third kappa shape index (κ3) is 3.99. The van der Waals surface area contributed by atoms with E-state index in [2.05, 4.69) is 9.99 Å². The second-order valence-corrected chi connectivity index (χ2v) is 2.66. The van der Waals surface area contributed by atoms with Crippen LogP contribution >= 0.6 is 0 Å². The summed E-state index contributed by atoms with van der Waals surface area (Å²) >= 11 is 0. The highest BCUT2D eigenvalue weighted by molar-refractivity contribution is 5.62. The lowest BCUT2D eigenvalue weighted by molar-refractivity contribution is -0.100. The molecule has 0 spiro atoms. The summed E-state index contributed by atoms with van der Waals surface area (Å²) in [6.07, 6.45) is -5.44. The van der Waals surface area contributed by atoms with Crippen molar-refractivity contribution >= 4 is 6.21 Å². The van der Waals surface area contributed by atoms with Crippen LogP contribution in [-0.4, -0.2) is 69.9 Å². The highest BCUT2D eigenvalue weighted by Crippen LogP contribution is 2.03. The molecule has 84 valence electrons. The van der Waals surface area contributed by atoms with E-state index in [-0.39, 0.29) is 0 Å². The molecular formula is C7H15NO6. The quantitative estimate of drug-likeness (QED) is 0.235. The molecule has 0 rings (SSSR count). The van der Waals surface area contributed by atoms with Gasteiger partial charge >= 0.3 is 0 Å². The fourth-order valence-corrected chi connectivity index (χ4v) is 0.749. The lowest BCUT2D eigenvalue weighted by Gasteiger charge is -2.23. The molecule has 0 fully saturated rings. The molecule has 3 unspecified atom stereocenters. The van der Waals surface area contributed by atoms with Crippen LogP contribution in [0.3, 0.4) is 0 Å². The maximum Gasteiger partial charge on any atom is 0.121 e. The van der Waals surface area contributed by atoms with Gasteiger partial charge in [0.15, 0.2) is 0 Å². The number of oxime groups is 1. The van der Waals surface area contributed by atoms with Crippen LogP contribution in [0, 0.1) is 0 Å². The van der Waals surface area contributed by atoms with Gasteiger partial charge in [-0.15, -0.1) is 0 Å². The van der Waals surface area contributed by atoms with E-state index in [0.29, 0.717) is 0 Å². The normalized spacial score (nSPS) is 20.4. The van der Waals surface area contributed by atoms with Crippen molar-refractivity contribution in [3.8, 4) is 0 Å². The number of hydrogen-bond donors (Lipinski definition) is 5. The fourth-order valence-electron chi connectivity index (χ4n) is 0.749. The molecule has 0 aromatic rings. The average molecular weight is 209 g/mol. The van der Waals surface area contributed by atoms with Crippen molar-refractivity contribution in [1.82, 2.24) is 0 Å². The summed E-state index contributed by atoms with van der Waals surface area (Å²) < 4.78 is 0. The molecule has 0 aromatic carbocycles. The van der Waals surface area contributed by atoms with Crippen molar-refractivity contribution in [2.24, 2.45) is 5.16 Å². The molecule has 0 aliphatic heterocycles. The molecule has 0 aliphatic rings. The van der Waals surface area contributed by atoms with Crippen molar-refractivity contribution < 1.29 is 30.4 Å². The maximum absolute atomic E-state index is 9.20. The summed E-state index contributed by atoms with van der Waals surface area (Å²) in [6, 6.07) is 0. The number of rotatable bonds is 6. The molecule has 0 bridgehead atoms. The van der Waals surface area contributed by atoms with E-state index in [9.17, 15) is 5.11 Å². The Hall–Kier alpha value is -0.730. The minimum Gasteiger partial charge on any atom is -0.399 e. The van der Waals surface area contributed by atoms with Crippen LogP contribution in [0.25, 0.3) is 0 Å². The van der Waals surface area contributed by atoms with E-state index in [4.69, 9.17) is 20.4 Å². The zero-order chi connectivity index (χ0) is 11.1. The smallest absolute Gasteiger partial charge is 0.121 e. The van der Waals surface area contributed by atoms with E-state index < -0.39 is 31.0 Å². The molecule has 0 radical (unpaired) electrons. The van der Waals surface area contributed by atoms with Crippen molar-refractivity contribution in [3.05, 3.63) is 0 Å². The topological polar surface area (TPSA) is 123 Å². The van der Waals surface area contributed by atoms with Crippen LogP contribution in [-0.2, 0) is 4.84 Å². The highest BCUT2D eigenvalue weighted by atomic mass is 16.6. The van der Waals surface area contributed by atoms with Crippen LogP contribution in [0.4, 0.5) is 0 Å². The number of nitrogens with zero attached hydrogens (tertiary/aromatic N) is 1. The van der Waals surface area contributed by atoms with E-state index in [1.807, 2.05) is 0 Å². The van der Waals surface area contributed by atoms with Gasteiger partial charge in [-0.2, -0.15) is 0 Å². The zero-order valence-corrected chi connectivity index (χ0v) is 7.69. The molecule has 7 nitrogen and oxygen atoms in total. The second-order valence-electron chi connectivity index (χ2n) is 2.66. The van der Waals surface area contributed by atoms with Gasteiger partial charge in [-0.3, -0.25) is 0 Å². The van der Waals surface area contributed by atoms with E-state index in [0.717, 1.165) is 6.21 Å². The SMILES string of the molecule is CO/N=C/C(O)C(O)[C@H](O)C(O)CO. The van der Waals surface area contributed by atoms with Crippen LogP contribution in [0.1, 0.15) is 0 Å². The van der Waals surface area contributed by atoms with Gasteiger partial charge in [-0.1, -0.05) is 5.16 Å². The molecular weight excluding hydrogens is 194 g/mol. The molecule has 0 aromatic heterocycles. The summed E-state index contributed by atoms with van der Waals surface area (Å²) in [6.45, 7) is -0.716. The second kappa shape index (κ2) is 6.68. The number of hydrogen-bond acceptors (Lipinski definition) is 7. The predicted molar refractivity (Wildman–Crippen MR) is 46.6 cm³/mol. The molecule has 0 saturated heterocycles. The Morgan fingerprint density at radius 2 is 1.79 bits per heavy atom. The van der Waals surface area contributed by atoms with Crippen LogP contribution in [0.15, 0.2) is 5.16 Å². The van der Waals surface area contributed by atoms with E-state index in [1.165, 1.54) is 7.11 Å². The third-order valence-electron chi connectivity index (χ3n) is 1.60. The largest absolute Gasteiger partial charge is 0.399 e. The standard InChI is InChI=1S/C7H15NO6/c1-14-8-2-4(10)6(12)7(13)5(11)3-9/h2,4-7,9-13H,3H2,1H3/b8-2+/t4?,5?,6?,7-/m1/s1. The molecule has 14 heavy (non-hydrogen) atoms. The lowest BCUT2D eigenvalue weighted by atomic mass is 10.0. The van der Waals surface area contributed by atoms with Crippen LogP contribution in [0.2, 0.25) is 0 Å². The van der Waals surface area contributed by atoms with Gasteiger partial charge < -0.3 is 30.4 Å². The lowest BCUT2D eigenvalue weighted by Crippen LogP contribution is -2.46. The van der Waals surface area contributed by atoms with Gasteiger partial charge in [-0.05, 0) is 0 Å². The van der Waals surface area contributed by atoms with Gasteiger partial charge in [0.05, 0.1) is 12.8 Å². The van der Waals surface area contributed by atoms with Crippen molar-refractivity contribution in [3.63, 3.8) is 0 Å². The first-order chi connectivity index (χ1) is 6.54. The molecule has 0 amide bonds. The predicted octanol–water partition coefficient (Wildman–Crippen LogP) is -2.95. The monoisotopic (exact) mass is 209 g/mol. The van der Waals surface area contributed by atoms with Crippen LogP contribution in [0.5, 0.6) is 0 Å². The maximum atomic E-state index is 9.20. The third-order valence-corrected chi connectivity index (χ3v) is 1.60.